The van der Waals surface area contributed by atoms with Crippen molar-refractivity contribution in [1.82, 2.24) is 0 Å². The van der Waals surface area contributed by atoms with Crippen LogP contribution in [0.25, 0.3) is 0 Å². The Morgan fingerprint density at radius 3 is 2.58 bits per heavy atom. The Bertz CT molecular complexity index is 747. The van der Waals surface area contributed by atoms with Gasteiger partial charge in [0.1, 0.15) is 17.9 Å². The largest absolute Gasteiger partial charge is 0.507 e. The maximum Gasteiger partial charge on any atom is 0.342 e. The van der Waals surface area contributed by atoms with E-state index in [1.54, 1.807) is 12.1 Å². The predicted octanol–water partition coefficient (Wildman–Crippen LogP) is 5.92. The summed E-state index contributed by atoms with van der Waals surface area (Å²) in [4.78, 5) is 12.5. The van der Waals surface area contributed by atoms with Crippen LogP contribution in [0, 0.1) is 6.92 Å². The summed E-state index contributed by atoms with van der Waals surface area (Å²) in [6.45, 7) is 8.75. The van der Waals surface area contributed by atoms with Crippen molar-refractivity contribution in [1.29, 1.82) is 0 Å². The highest BCUT2D eigenvalue weighted by Crippen LogP contribution is 2.32. The number of unbranched alkanes of at least 4 members (excludes halogenated alkanes) is 2. The Morgan fingerprint density at radius 2 is 1.88 bits per heavy atom. The molecule has 0 unspecified atom stereocenters. The molecule has 0 aliphatic heterocycles. The molecule has 0 saturated heterocycles. The van der Waals surface area contributed by atoms with Gasteiger partial charge in [-0.1, -0.05) is 75.9 Å². The van der Waals surface area contributed by atoms with E-state index in [-0.39, 0.29) is 23.3 Å². The van der Waals surface area contributed by atoms with Crippen molar-refractivity contribution in [3.8, 4) is 5.75 Å². The van der Waals surface area contributed by atoms with E-state index in [1.165, 1.54) is 12.8 Å². The number of phenols is 1. The Balaban J connectivity index is 2.11. The zero-order valence-electron chi connectivity index (χ0n) is 16.3. The molecule has 0 amide bonds. The van der Waals surface area contributed by atoms with Gasteiger partial charge in [0.25, 0.3) is 0 Å². The number of benzene rings is 2. The summed E-state index contributed by atoms with van der Waals surface area (Å²) in [6.07, 6.45) is 4.58. The number of aryl methyl sites for hydroxylation is 1. The second kappa shape index (κ2) is 8.88. The quantitative estimate of drug-likeness (QED) is 0.473. The highest BCUT2D eigenvalue weighted by molar-refractivity contribution is 5.92. The van der Waals surface area contributed by atoms with Crippen molar-refractivity contribution in [2.45, 2.75) is 65.4 Å². The first-order chi connectivity index (χ1) is 12.3. The van der Waals surface area contributed by atoms with Gasteiger partial charge in [-0.3, -0.25) is 0 Å². The fourth-order valence-electron chi connectivity index (χ4n) is 3.11. The van der Waals surface area contributed by atoms with Gasteiger partial charge in [-0.05, 0) is 42.0 Å². The third-order valence-corrected chi connectivity index (χ3v) is 4.86. The first-order valence-corrected chi connectivity index (χ1v) is 9.39. The van der Waals surface area contributed by atoms with E-state index in [1.807, 2.05) is 37.3 Å². The lowest BCUT2D eigenvalue weighted by molar-refractivity contribution is 0.0469. The zero-order chi connectivity index (χ0) is 19.2. The number of hydrogen-bond donors (Lipinski definition) is 1. The lowest BCUT2D eigenvalue weighted by Crippen LogP contribution is -2.18. The van der Waals surface area contributed by atoms with Gasteiger partial charge >= 0.3 is 5.97 Å². The molecule has 1 N–H and O–H groups in total. The standard InChI is InChI=1S/C23H30O3/c1-5-6-7-13-23(3,4)19-11-12-21(24)20(15-19)22(25)26-16-18-10-8-9-17(2)14-18/h8-12,14-15,24H,5-7,13,16H2,1-4H3. The first kappa shape index (κ1) is 20.0. The summed E-state index contributed by atoms with van der Waals surface area (Å²) in [7, 11) is 0. The normalized spacial score (nSPS) is 11.4. The van der Waals surface area contributed by atoms with Crippen molar-refractivity contribution in [3.63, 3.8) is 0 Å². The van der Waals surface area contributed by atoms with Crippen LogP contribution < -0.4 is 0 Å². The number of hydrogen-bond acceptors (Lipinski definition) is 3. The summed E-state index contributed by atoms with van der Waals surface area (Å²) in [5, 5.41) is 10.1. The number of ether oxygens (including phenoxy) is 1. The van der Waals surface area contributed by atoms with Crippen LogP contribution in [0.4, 0.5) is 0 Å². The molecule has 0 saturated carbocycles. The average molecular weight is 354 g/mol. The van der Waals surface area contributed by atoms with Crippen molar-refractivity contribution < 1.29 is 14.6 Å². The van der Waals surface area contributed by atoms with E-state index in [0.29, 0.717) is 0 Å². The molecule has 0 atom stereocenters. The second-order valence-corrected chi connectivity index (χ2v) is 7.64. The molecule has 2 aromatic rings. The van der Waals surface area contributed by atoms with Gasteiger partial charge in [-0.25, -0.2) is 4.79 Å². The second-order valence-electron chi connectivity index (χ2n) is 7.64. The zero-order valence-corrected chi connectivity index (χ0v) is 16.3. The number of carbonyl (C=O) groups is 1. The van der Waals surface area contributed by atoms with Gasteiger partial charge in [0.2, 0.25) is 0 Å². The molecule has 0 fully saturated rings. The fraction of sp³-hybridized carbons (Fsp3) is 0.435. The van der Waals surface area contributed by atoms with Crippen LogP contribution >= 0.6 is 0 Å². The lowest BCUT2D eigenvalue weighted by atomic mass is 9.79. The minimum atomic E-state index is -0.491. The van der Waals surface area contributed by atoms with Crippen LogP contribution in [0.5, 0.6) is 5.75 Å². The molecule has 3 nitrogen and oxygen atoms in total. The summed E-state index contributed by atoms with van der Waals surface area (Å²) < 4.78 is 5.42. The van der Waals surface area contributed by atoms with Crippen molar-refractivity contribution >= 4 is 5.97 Å². The number of rotatable bonds is 8. The van der Waals surface area contributed by atoms with Gasteiger partial charge in [0.15, 0.2) is 0 Å². The Labute approximate surface area is 157 Å². The third kappa shape index (κ3) is 5.35. The SMILES string of the molecule is CCCCCC(C)(C)c1ccc(O)c(C(=O)OCc2cccc(C)c2)c1. The summed E-state index contributed by atoms with van der Waals surface area (Å²) in [5.74, 6) is -0.525. The molecule has 0 radical (unpaired) electrons. The topological polar surface area (TPSA) is 46.5 Å². The molecule has 0 bridgehead atoms. The third-order valence-electron chi connectivity index (χ3n) is 4.86. The van der Waals surface area contributed by atoms with Gasteiger partial charge in [-0.2, -0.15) is 0 Å². The van der Waals surface area contributed by atoms with Crippen molar-refractivity contribution in [3.05, 3.63) is 64.7 Å². The molecule has 0 heterocycles. The van der Waals surface area contributed by atoms with Crippen LogP contribution in [0.15, 0.2) is 42.5 Å². The van der Waals surface area contributed by atoms with E-state index >= 15 is 0 Å². The van der Waals surface area contributed by atoms with E-state index in [9.17, 15) is 9.90 Å². The van der Waals surface area contributed by atoms with Crippen LogP contribution in [0.2, 0.25) is 0 Å². The first-order valence-electron chi connectivity index (χ1n) is 9.39. The van der Waals surface area contributed by atoms with Gasteiger partial charge in [0.05, 0.1) is 0 Å². The van der Waals surface area contributed by atoms with Crippen molar-refractivity contribution in [2.24, 2.45) is 0 Å². The molecule has 2 rings (SSSR count). The van der Waals surface area contributed by atoms with E-state index in [2.05, 4.69) is 20.8 Å². The molecule has 140 valence electrons. The summed E-state index contributed by atoms with van der Waals surface area (Å²) in [5.41, 5.74) is 3.30. The molecular weight excluding hydrogens is 324 g/mol. The number of esters is 1. The maximum atomic E-state index is 12.5. The van der Waals surface area contributed by atoms with Gasteiger partial charge < -0.3 is 9.84 Å². The van der Waals surface area contributed by atoms with E-state index in [4.69, 9.17) is 4.74 Å². The van der Waals surface area contributed by atoms with Crippen LogP contribution in [-0.4, -0.2) is 11.1 Å². The van der Waals surface area contributed by atoms with Gasteiger partial charge in [-0.15, -0.1) is 0 Å². The molecule has 0 aliphatic carbocycles. The predicted molar refractivity (Wildman–Crippen MR) is 106 cm³/mol. The number of carbonyl (C=O) groups excluding carboxylic acids is 1. The average Bonchev–Trinajstić information content (AvgIpc) is 2.60. The van der Waals surface area contributed by atoms with E-state index < -0.39 is 5.97 Å². The maximum absolute atomic E-state index is 12.5. The minimum absolute atomic E-state index is 0.0349. The molecule has 0 spiro atoms. The highest BCUT2D eigenvalue weighted by atomic mass is 16.5. The molecular formula is C23H30O3. The van der Waals surface area contributed by atoms with Crippen LogP contribution in [-0.2, 0) is 16.8 Å². The number of phenolic OH excluding ortho intramolecular Hbond substituents is 1. The van der Waals surface area contributed by atoms with Crippen LogP contribution in [0.3, 0.4) is 0 Å². The molecule has 3 heteroatoms. The van der Waals surface area contributed by atoms with Crippen molar-refractivity contribution in [2.75, 3.05) is 0 Å². The molecule has 2 aromatic carbocycles. The van der Waals surface area contributed by atoms with Crippen LogP contribution in [0.1, 0.15) is 73.5 Å². The smallest absolute Gasteiger partial charge is 0.342 e. The monoisotopic (exact) mass is 354 g/mol. The lowest BCUT2D eigenvalue weighted by Gasteiger charge is -2.26. The van der Waals surface area contributed by atoms with Gasteiger partial charge in [0, 0.05) is 0 Å². The Hall–Kier alpha value is -2.29. The minimum Gasteiger partial charge on any atom is -0.507 e. The Kier molecular flexibility index (Phi) is 6.84. The Morgan fingerprint density at radius 1 is 1.12 bits per heavy atom. The molecule has 0 aromatic heterocycles. The van der Waals surface area contributed by atoms with E-state index in [0.717, 1.165) is 29.5 Å². The fourth-order valence-corrected chi connectivity index (χ4v) is 3.11. The molecule has 26 heavy (non-hydrogen) atoms. The molecule has 0 aliphatic rings. The number of aromatic hydroxyl groups is 1. The summed E-state index contributed by atoms with van der Waals surface area (Å²) in [6, 6.07) is 13.1. The summed E-state index contributed by atoms with van der Waals surface area (Å²) >= 11 is 0. The highest BCUT2D eigenvalue weighted by Gasteiger charge is 2.23.